The Morgan fingerprint density at radius 3 is 3.00 bits per heavy atom. The second-order valence-electron chi connectivity index (χ2n) is 2.80. The van der Waals surface area contributed by atoms with Crippen LogP contribution in [-0.4, -0.2) is 5.97 Å². The molecule has 0 aromatic heterocycles. The molecule has 3 heteroatoms. The molecule has 0 N–H and O–H groups in total. The minimum Gasteiger partial charge on any atom is -0.426 e. The van der Waals surface area contributed by atoms with E-state index >= 15 is 0 Å². The van der Waals surface area contributed by atoms with Crippen LogP contribution >= 0.6 is 15.9 Å². The Labute approximate surface area is 78.7 Å². The van der Waals surface area contributed by atoms with E-state index in [4.69, 9.17) is 4.74 Å². The van der Waals surface area contributed by atoms with E-state index in [9.17, 15) is 4.79 Å². The molecule has 0 saturated heterocycles. The molecule has 0 unspecified atom stereocenters. The SMILES string of the molecule is Cc1c(Br)ccc2c1CC(=O)O2. The summed E-state index contributed by atoms with van der Waals surface area (Å²) in [6.45, 7) is 1.98. The predicted octanol–water partition coefficient (Wildman–Crippen LogP) is 2.22. The Morgan fingerprint density at radius 1 is 1.50 bits per heavy atom. The van der Waals surface area contributed by atoms with Crippen LogP contribution in [0.3, 0.4) is 0 Å². The first-order valence-corrected chi connectivity index (χ1v) is 4.46. The zero-order chi connectivity index (χ0) is 8.72. The van der Waals surface area contributed by atoms with Crippen LogP contribution in [-0.2, 0) is 11.2 Å². The fourth-order valence-electron chi connectivity index (χ4n) is 1.32. The maximum absolute atomic E-state index is 10.9. The molecule has 12 heavy (non-hydrogen) atoms. The molecule has 2 nitrogen and oxygen atoms in total. The summed E-state index contributed by atoms with van der Waals surface area (Å²) in [5.74, 6) is 0.548. The van der Waals surface area contributed by atoms with Crippen molar-refractivity contribution < 1.29 is 9.53 Å². The number of carbonyl (C=O) groups excluding carboxylic acids is 1. The first-order valence-electron chi connectivity index (χ1n) is 3.67. The highest BCUT2D eigenvalue weighted by Crippen LogP contribution is 2.32. The molecular formula is C9H7BrO2. The highest BCUT2D eigenvalue weighted by molar-refractivity contribution is 9.10. The Hall–Kier alpha value is -0.830. The number of halogens is 1. The molecule has 0 aliphatic carbocycles. The Morgan fingerprint density at radius 2 is 2.25 bits per heavy atom. The second kappa shape index (κ2) is 2.59. The number of hydrogen-bond donors (Lipinski definition) is 0. The highest BCUT2D eigenvalue weighted by Gasteiger charge is 2.22. The second-order valence-corrected chi connectivity index (χ2v) is 3.65. The van der Waals surface area contributed by atoms with E-state index < -0.39 is 0 Å². The van der Waals surface area contributed by atoms with Gasteiger partial charge in [-0.3, -0.25) is 4.79 Å². The number of fused-ring (bicyclic) bond motifs is 1. The zero-order valence-electron chi connectivity index (χ0n) is 6.56. The average molecular weight is 227 g/mol. The van der Waals surface area contributed by atoms with E-state index in [0.717, 1.165) is 15.6 Å². The molecule has 2 rings (SSSR count). The van der Waals surface area contributed by atoms with Crippen LogP contribution in [0.1, 0.15) is 11.1 Å². The molecule has 0 saturated carbocycles. The van der Waals surface area contributed by atoms with Crippen molar-refractivity contribution in [1.82, 2.24) is 0 Å². The van der Waals surface area contributed by atoms with Crippen molar-refractivity contribution in [2.45, 2.75) is 13.3 Å². The van der Waals surface area contributed by atoms with E-state index in [1.807, 2.05) is 19.1 Å². The van der Waals surface area contributed by atoms with Gasteiger partial charge in [-0.1, -0.05) is 15.9 Å². The van der Waals surface area contributed by atoms with Crippen molar-refractivity contribution >= 4 is 21.9 Å². The normalized spacial score (nSPS) is 14.3. The molecular weight excluding hydrogens is 220 g/mol. The van der Waals surface area contributed by atoms with Crippen LogP contribution < -0.4 is 4.74 Å². The van der Waals surface area contributed by atoms with Crippen molar-refractivity contribution in [1.29, 1.82) is 0 Å². The molecule has 1 aromatic carbocycles. The van der Waals surface area contributed by atoms with Gasteiger partial charge in [0.25, 0.3) is 0 Å². The quantitative estimate of drug-likeness (QED) is 0.501. The van der Waals surface area contributed by atoms with Gasteiger partial charge in [-0.2, -0.15) is 0 Å². The predicted molar refractivity (Wildman–Crippen MR) is 48.2 cm³/mol. The largest absolute Gasteiger partial charge is 0.426 e. The van der Waals surface area contributed by atoms with Crippen molar-refractivity contribution in [3.05, 3.63) is 27.7 Å². The third-order valence-electron chi connectivity index (χ3n) is 2.03. The number of benzene rings is 1. The van der Waals surface area contributed by atoms with Crippen molar-refractivity contribution in [3.63, 3.8) is 0 Å². The van der Waals surface area contributed by atoms with Crippen LogP contribution in [0.2, 0.25) is 0 Å². The third-order valence-corrected chi connectivity index (χ3v) is 2.89. The van der Waals surface area contributed by atoms with Crippen LogP contribution in [0, 0.1) is 6.92 Å². The molecule has 1 aliphatic rings. The monoisotopic (exact) mass is 226 g/mol. The van der Waals surface area contributed by atoms with Crippen molar-refractivity contribution in [2.75, 3.05) is 0 Å². The Balaban J connectivity index is 2.61. The number of rotatable bonds is 0. The minimum atomic E-state index is -0.161. The summed E-state index contributed by atoms with van der Waals surface area (Å²) in [7, 11) is 0. The molecule has 0 fully saturated rings. The van der Waals surface area contributed by atoms with Crippen molar-refractivity contribution in [3.8, 4) is 5.75 Å². The lowest BCUT2D eigenvalue weighted by Gasteiger charge is -2.02. The summed E-state index contributed by atoms with van der Waals surface area (Å²) in [5, 5.41) is 0. The van der Waals surface area contributed by atoms with E-state index in [1.165, 1.54) is 0 Å². The molecule has 0 atom stereocenters. The van der Waals surface area contributed by atoms with Gasteiger partial charge in [-0.05, 0) is 24.6 Å². The molecule has 0 bridgehead atoms. The number of hydrogen-bond acceptors (Lipinski definition) is 2. The molecule has 1 aromatic rings. The number of ether oxygens (including phenoxy) is 1. The van der Waals surface area contributed by atoms with Gasteiger partial charge < -0.3 is 4.74 Å². The number of carbonyl (C=O) groups is 1. The van der Waals surface area contributed by atoms with E-state index in [-0.39, 0.29) is 5.97 Å². The lowest BCUT2D eigenvalue weighted by atomic mass is 10.1. The molecule has 1 aliphatic heterocycles. The van der Waals surface area contributed by atoms with Gasteiger partial charge in [-0.15, -0.1) is 0 Å². The Bertz CT molecular complexity index is 358. The molecule has 62 valence electrons. The molecule has 0 amide bonds. The maximum atomic E-state index is 10.9. The first kappa shape index (κ1) is 7.80. The van der Waals surface area contributed by atoms with Gasteiger partial charge in [0.05, 0.1) is 6.42 Å². The van der Waals surface area contributed by atoms with Gasteiger partial charge in [0, 0.05) is 10.0 Å². The van der Waals surface area contributed by atoms with Gasteiger partial charge in [0.2, 0.25) is 0 Å². The molecule has 1 heterocycles. The summed E-state index contributed by atoms with van der Waals surface area (Å²) < 4.78 is 6.01. The number of esters is 1. The fourth-order valence-corrected chi connectivity index (χ4v) is 1.69. The first-order chi connectivity index (χ1) is 5.68. The summed E-state index contributed by atoms with van der Waals surface area (Å²) in [5.41, 5.74) is 2.10. The minimum absolute atomic E-state index is 0.161. The van der Waals surface area contributed by atoms with Gasteiger partial charge in [-0.25, -0.2) is 0 Å². The topological polar surface area (TPSA) is 26.3 Å². The van der Waals surface area contributed by atoms with Gasteiger partial charge in [0.15, 0.2) is 0 Å². The summed E-state index contributed by atoms with van der Waals surface area (Å²) in [6.07, 6.45) is 0.403. The molecule has 0 radical (unpaired) electrons. The zero-order valence-corrected chi connectivity index (χ0v) is 8.14. The average Bonchev–Trinajstić information content (AvgIpc) is 2.39. The molecule has 0 spiro atoms. The van der Waals surface area contributed by atoms with E-state index in [1.54, 1.807) is 0 Å². The maximum Gasteiger partial charge on any atom is 0.315 e. The van der Waals surface area contributed by atoms with E-state index in [2.05, 4.69) is 15.9 Å². The summed E-state index contributed by atoms with van der Waals surface area (Å²) in [6, 6.07) is 3.71. The fraction of sp³-hybridized carbons (Fsp3) is 0.222. The van der Waals surface area contributed by atoms with Crippen LogP contribution in [0.25, 0.3) is 0 Å². The summed E-state index contributed by atoms with van der Waals surface area (Å²) in [4.78, 5) is 10.9. The highest BCUT2D eigenvalue weighted by atomic mass is 79.9. The van der Waals surface area contributed by atoms with Crippen LogP contribution in [0.15, 0.2) is 16.6 Å². The van der Waals surface area contributed by atoms with Crippen molar-refractivity contribution in [2.24, 2.45) is 0 Å². The standard InChI is InChI=1S/C9H7BrO2/c1-5-6-4-9(11)12-8(6)3-2-7(5)10/h2-3H,4H2,1H3. The van der Waals surface area contributed by atoms with E-state index in [0.29, 0.717) is 12.2 Å². The Kier molecular flexibility index (Phi) is 1.68. The van der Waals surface area contributed by atoms with Gasteiger partial charge in [0.1, 0.15) is 5.75 Å². The van der Waals surface area contributed by atoms with Crippen LogP contribution in [0.5, 0.6) is 5.75 Å². The lowest BCUT2D eigenvalue weighted by Crippen LogP contribution is -2.00. The third kappa shape index (κ3) is 1.05. The smallest absolute Gasteiger partial charge is 0.315 e. The van der Waals surface area contributed by atoms with Gasteiger partial charge >= 0.3 is 5.97 Å². The lowest BCUT2D eigenvalue weighted by molar-refractivity contribution is -0.131. The van der Waals surface area contributed by atoms with Crippen LogP contribution in [0.4, 0.5) is 0 Å². The summed E-state index contributed by atoms with van der Waals surface area (Å²) >= 11 is 3.40.